The molecule has 130 valence electrons. The molecule has 0 aliphatic carbocycles. The molecule has 2 rings (SSSR count). The first-order valence-corrected chi connectivity index (χ1v) is 8.99. The fraction of sp³-hybridized carbons (Fsp3) is 0.375. The fourth-order valence-electron chi connectivity index (χ4n) is 2.32. The van der Waals surface area contributed by atoms with E-state index < -0.39 is 10.0 Å². The quantitative estimate of drug-likeness (QED) is 0.788. The van der Waals surface area contributed by atoms with Gasteiger partial charge in [-0.25, -0.2) is 8.42 Å². The van der Waals surface area contributed by atoms with Gasteiger partial charge in [0, 0.05) is 51.6 Å². The van der Waals surface area contributed by atoms with Gasteiger partial charge in [-0.3, -0.25) is 9.48 Å². The molecule has 7 nitrogen and oxygen atoms in total. The summed E-state index contributed by atoms with van der Waals surface area (Å²) in [5.41, 5.74) is 1.15. The molecule has 0 aliphatic heterocycles. The van der Waals surface area contributed by atoms with Crippen LogP contribution in [-0.2, 0) is 23.6 Å². The Labute approximate surface area is 142 Å². The molecule has 0 bridgehead atoms. The van der Waals surface area contributed by atoms with Crippen LogP contribution in [-0.4, -0.2) is 54.0 Å². The lowest BCUT2D eigenvalue weighted by atomic mass is 10.2. The lowest BCUT2D eigenvalue weighted by molar-refractivity contribution is 0.0827. The first-order chi connectivity index (χ1) is 11.3. The predicted molar refractivity (Wildman–Crippen MR) is 90.9 cm³/mol. The molecular formula is C16H22N4O3S. The van der Waals surface area contributed by atoms with Gasteiger partial charge in [0.1, 0.15) is 0 Å². The zero-order valence-corrected chi connectivity index (χ0v) is 15.1. The molecule has 0 unspecified atom stereocenters. The normalized spacial score (nSPS) is 11.7. The van der Waals surface area contributed by atoms with Crippen LogP contribution >= 0.6 is 0 Å². The largest absolute Gasteiger partial charge is 0.345 e. The molecule has 0 saturated carbocycles. The molecule has 0 aliphatic rings. The van der Waals surface area contributed by atoms with E-state index in [1.54, 1.807) is 57.3 Å². The van der Waals surface area contributed by atoms with Gasteiger partial charge in [-0.2, -0.15) is 9.40 Å². The number of carbonyl (C=O) groups excluding carboxylic acids is 1. The third kappa shape index (κ3) is 3.82. The number of carbonyl (C=O) groups is 1. The molecule has 0 N–H and O–H groups in total. The summed E-state index contributed by atoms with van der Waals surface area (Å²) in [6, 6.07) is 6.12. The van der Waals surface area contributed by atoms with E-state index in [1.807, 2.05) is 0 Å². The van der Waals surface area contributed by atoms with Crippen LogP contribution in [0.2, 0.25) is 0 Å². The minimum atomic E-state index is -3.70. The average molecular weight is 350 g/mol. The van der Waals surface area contributed by atoms with E-state index in [-0.39, 0.29) is 17.3 Å². The maximum Gasteiger partial charge on any atom is 0.253 e. The average Bonchev–Trinajstić information content (AvgIpc) is 2.96. The summed E-state index contributed by atoms with van der Waals surface area (Å²) in [4.78, 5) is 13.6. The van der Waals surface area contributed by atoms with E-state index in [9.17, 15) is 13.2 Å². The number of nitrogens with zero attached hydrogens (tertiary/aromatic N) is 4. The Morgan fingerprint density at radius 2 is 2.00 bits per heavy atom. The molecule has 0 atom stereocenters. The predicted octanol–water partition coefficient (Wildman–Crippen LogP) is 1.33. The zero-order chi connectivity index (χ0) is 17.9. The van der Waals surface area contributed by atoms with Crippen LogP contribution in [0.25, 0.3) is 0 Å². The van der Waals surface area contributed by atoms with Crippen molar-refractivity contribution < 1.29 is 13.2 Å². The third-order valence-corrected chi connectivity index (χ3v) is 5.51. The Morgan fingerprint density at radius 1 is 1.29 bits per heavy atom. The molecule has 2 aromatic rings. The van der Waals surface area contributed by atoms with Crippen molar-refractivity contribution in [2.45, 2.75) is 18.4 Å². The molecule has 0 saturated heterocycles. The van der Waals surface area contributed by atoms with Crippen molar-refractivity contribution in [1.82, 2.24) is 19.0 Å². The second-order valence-electron chi connectivity index (χ2n) is 5.68. The van der Waals surface area contributed by atoms with Gasteiger partial charge in [-0.05, 0) is 18.2 Å². The van der Waals surface area contributed by atoms with E-state index >= 15 is 0 Å². The summed E-state index contributed by atoms with van der Waals surface area (Å²) in [6.45, 7) is 2.34. The number of amides is 1. The smallest absolute Gasteiger partial charge is 0.253 e. The van der Waals surface area contributed by atoms with Gasteiger partial charge in [-0.1, -0.05) is 13.0 Å². The van der Waals surface area contributed by atoms with Crippen molar-refractivity contribution in [2.24, 2.45) is 7.05 Å². The molecule has 0 fully saturated rings. The first kappa shape index (κ1) is 18.2. The summed E-state index contributed by atoms with van der Waals surface area (Å²) in [6.07, 6.45) is 3.42. The molecule has 0 radical (unpaired) electrons. The lowest BCUT2D eigenvalue weighted by Gasteiger charge is -2.20. The van der Waals surface area contributed by atoms with E-state index in [4.69, 9.17) is 0 Å². The summed E-state index contributed by atoms with van der Waals surface area (Å²) >= 11 is 0. The highest BCUT2D eigenvalue weighted by Crippen LogP contribution is 2.19. The maximum absolute atomic E-state index is 12.9. The van der Waals surface area contributed by atoms with E-state index in [2.05, 4.69) is 5.10 Å². The van der Waals surface area contributed by atoms with Crippen molar-refractivity contribution in [1.29, 1.82) is 0 Å². The van der Waals surface area contributed by atoms with E-state index in [1.165, 1.54) is 21.3 Å². The van der Waals surface area contributed by atoms with Crippen LogP contribution in [0.5, 0.6) is 0 Å². The van der Waals surface area contributed by atoms with Crippen LogP contribution < -0.4 is 0 Å². The minimum absolute atomic E-state index is 0.112. The molecule has 1 heterocycles. The van der Waals surface area contributed by atoms with Gasteiger partial charge in [0.05, 0.1) is 11.1 Å². The number of hydrogen-bond donors (Lipinski definition) is 0. The van der Waals surface area contributed by atoms with Crippen LogP contribution in [0.4, 0.5) is 0 Å². The Kier molecular flexibility index (Phi) is 5.40. The second-order valence-corrected chi connectivity index (χ2v) is 7.62. The minimum Gasteiger partial charge on any atom is -0.345 e. The van der Waals surface area contributed by atoms with Crippen molar-refractivity contribution in [3.63, 3.8) is 0 Å². The Morgan fingerprint density at radius 3 is 2.54 bits per heavy atom. The zero-order valence-electron chi connectivity index (χ0n) is 14.3. The molecule has 8 heteroatoms. The number of sulfonamides is 1. The lowest BCUT2D eigenvalue weighted by Crippen LogP contribution is -2.30. The molecule has 0 spiro atoms. The van der Waals surface area contributed by atoms with E-state index in [0.29, 0.717) is 12.1 Å². The summed E-state index contributed by atoms with van der Waals surface area (Å²) in [7, 11) is 1.34. The number of aromatic nitrogens is 2. The fourth-order valence-corrected chi connectivity index (χ4v) is 3.80. The van der Waals surface area contributed by atoms with Crippen molar-refractivity contribution in [3.8, 4) is 0 Å². The third-order valence-electron chi connectivity index (χ3n) is 3.59. The topological polar surface area (TPSA) is 75.5 Å². The van der Waals surface area contributed by atoms with Gasteiger partial charge in [0.15, 0.2) is 0 Å². The standard InChI is InChI=1S/C16H22N4O3S/c1-5-20(12-13-10-17-19(4)11-13)24(22,23)15-8-6-7-14(9-15)16(21)18(2)3/h6-11H,5,12H2,1-4H3. The molecular weight excluding hydrogens is 328 g/mol. The van der Waals surface area contributed by atoms with Gasteiger partial charge < -0.3 is 4.90 Å². The molecule has 1 aromatic carbocycles. The SMILES string of the molecule is CCN(Cc1cnn(C)c1)S(=O)(=O)c1cccc(C(=O)N(C)C)c1. The maximum atomic E-state index is 12.9. The summed E-state index contributed by atoms with van der Waals surface area (Å²) in [5.74, 6) is -0.234. The number of aryl methyl sites for hydroxylation is 1. The summed E-state index contributed by atoms with van der Waals surface area (Å²) in [5, 5.41) is 4.06. The van der Waals surface area contributed by atoms with Gasteiger partial charge in [0.25, 0.3) is 5.91 Å². The number of hydrogen-bond acceptors (Lipinski definition) is 4. The molecule has 1 aromatic heterocycles. The number of benzene rings is 1. The number of rotatable bonds is 6. The highest BCUT2D eigenvalue weighted by molar-refractivity contribution is 7.89. The first-order valence-electron chi connectivity index (χ1n) is 7.55. The van der Waals surface area contributed by atoms with Crippen molar-refractivity contribution >= 4 is 15.9 Å². The van der Waals surface area contributed by atoms with Crippen LogP contribution in [0.15, 0.2) is 41.6 Å². The molecule has 1 amide bonds. The van der Waals surface area contributed by atoms with Crippen molar-refractivity contribution in [2.75, 3.05) is 20.6 Å². The van der Waals surface area contributed by atoms with Crippen molar-refractivity contribution in [3.05, 3.63) is 47.8 Å². The van der Waals surface area contributed by atoms with Crippen LogP contribution in [0.1, 0.15) is 22.8 Å². The second kappa shape index (κ2) is 7.14. The van der Waals surface area contributed by atoms with Crippen LogP contribution in [0.3, 0.4) is 0 Å². The summed E-state index contributed by atoms with van der Waals surface area (Å²) < 4.78 is 28.8. The van der Waals surface area contributed by atoms with E-state index in [0.717, 1.165) is 5.56 Å². The van der Waals surface area contributed by atoms with Gasteiger partial charge in [0.2, 0.25) is 10.0 Å². The van der Waals surface area contributed by atoms with Crippen LogP contribution in [0, 0.1) is 0 Å². The Bertz CT molecular complexity index is 827. The Hall–Kier alpha value is -2.19. The molecule has 24 heavy (non-hydrogen) atoms. The highest BCUT2D eigenvalue weighted by atomic mass is 32.2. The highest BCUT2D eigenvalue weighted by Gasteiger charge is 2.24. The van der Waals surface area contributed by atoms with Gasteiger partial charge in [-0.15, -0.1) is 0 Å². The Balaban J connectivity index is 2.34. The monoisotopic (exact) mass is 350 g/mol. The van der Waals surface area contributed by atoms with Gasteiger partial charge >= 0.3 is 0 Å².